The van der Waals surface area contributed by atoms with Gasteiger partial charge in [-0.1, -0.05) is 0 Å². The van der Waals surface area contributed by atoms with Gasteiger partial charge in [0, 0.05) is 6.20 Å². The SMILES string of the molecule is O=c1[nH]ccc2c1COC=C2. The van der Waals surface area contributed by atoms with Gasteiger partial charge in [-0.2, -0.15) is 0 Å². The molecule has 2 heterocycles. The molecule has 0 unspecified atom stereocenters. The van der Waals surface area contributed by atoms with Crippen LogP contribution in [0.1, 0.15) is 11.1 Å². The third kappa shape index (κ3) is 0.941. The molecule has 0 aliphatic carbocycles. The highest BCUT2D eigenvalue weighted by molar-refractivity contribution is 5.52. The number of aromatic nitrogens is 1. The summed E-state index contributed by atoms with van der Waals surface area (Å²) in [6.07, 6.45) is 5.02. The Kier molecular flexibility index (Phi) is 1.28. The average molecular weight is 149 g/mol. The second-order valence-corrected chi connectivity index (χ2v) is 2.35. The maximum Gasteiger partial charge on any atom is 0.255 e. The second kappa shape index (κ2) is 2.27. The highest BCUT2D eigenvalue weighted by atomic mass is 16.5. The number of fused-ring (bicyclic) bond motifs is 1. The molecule has 0 radical (unpaired) electrons. The van der Waals surface area contributed by atoms with Crippen molar-refractivity contribution in [2.24, 2.45) is 0 Å². The summed E-state index contributed by atoms with van der Waals surface area (Å²) in [4.78, 5) is 13.7. The van der Waals surface area contributed by atoms with Crippen LogP contribution in [0.3, 0.4) is 0 Å². The normalized spacial score (nSPS) is 13.8. The number of hydrogen-bond acceptors (Lipinski definition) is 2. The van der Waals surface area contributed by atoms with Crippen molar-refractivity contribution < 1.29 is 4.74 Å². The first-order valence-electron chi connectivity index (χ1n) is 3.36. The highest BCUT2D eigenvalue weighted by Crippen LogP contribution is 2.11. The summed E-state index contributed by atoms with van der Waals surface area (Å²) in [5.74, 6) is 0. The predicted octanol–water partition coefficient (Wildman–Crippen LogP) is 0.876. The third-order valence-corrected chi connectivity index (χ3v) is 1.67. The number of aromatic amines is 1. The van der Waals surface area contributed by atoms with Crippen molar-refractivity contribution in [3.8, 4) is 0 Å². The number of ether oxygens (including phenoxy) is 1. The Bertz CT molecular complexity index is 351. The molecule has 0 bridgehead atoms. The van der Waals surface area contributed by atoms with E-state index in [0.29, 0.717) is 12.2 Å². The Morgan fingerprint density at radius 2 is 2.45 bits per heavy atom. The molecule has 0 amide bonds. The van der Waals surface area contributed by atoms with Crippen LogP contribution in [0.15, 0.2) is 23.3 Å². The van der Waals surface area contributed by atoms with Gasteiger partial charge in [-0.3, -0.25) is 4.79 Å². The molecule has 1 aliphatic rings. The van der Waals surface area contributed by atoms with Gasteiger partial charge in [0.15, 0.2) is 0 Å². The fourth-order valence-corrected chi connectivity index (χ4v) is 1.08. The van der Waals surface area contributed by atoms with Crippen LogP contribution in [0.2, 0.25) is 0 Å². The smallest absolute Gasteiger partial charge is 0.255 e. The van der Waals surface area contributed by atoms with Gasteiger partial charge in [-0.05, 0) is 17.7 Å². The molecule has 1 aromatic rings. The van der Waals surface area contributed by atoms with Gasteiger partial charge in [0.25, 0.3) is 5.56 Å². The van der Waals surface area contributed by atoms with E-state index < -0.39 is 0 Å². The summed E-state index contributed by atoms with van der Waals surface area (Å²) in [6.45, 7) is 0.377. The molecular formula is C8H7NO2. The van der Waals surface area contributed by atoms with E-state index in [2.05, 4.69) is 4.98 Å². The van der Waals surface area contributed by atoms with Gasteiger partial charge < -0.3 is 9.72 Å². The van der Waals surface area contributed by atoms with E-state index in [1.807, 2.05) is 6.07 Å². The molecule has 3 heteroatoms. The van der Waals surface area contributed by atoms with Gasteiger partial charge in [-0.15, -0.1) is 0 Å². The zero-order valence-corrected chi connectivity index (χ0v) is 5.83. The fraction of sp³-hybridized carbons (Fsp3) is 0.125. The molecule has 1 aromatic heterocycles. The highest BCUT2D eigenvalue weighted by Gasteiger charge is 2.07. The average Bonchev–Trinajstić information content (AvgIpc) is 2.06. The number of pyridine rings is 1. The van der Waals surface area contributed by atoms with Gasteiger partial charge in [0.1, 0.15) is 6.61 Å². The summed E-state index contributed by atoms with van der Waals surface area (Å²) >= 11 is 0. The largest absolute Gasteiger partial charge is 0.496 e. The van der Waals surface area contributed by atoms with Crippen LogP contribution in [-0.4, -0.2) is 4.98 Å². The Hall–Kier alpha value is -1.51. The van der Waals surface area contributed by atoms with E-state index in [0.717, 1.165) is 5.56 Å². The maximum absolute atomic E-state index is 11.1. The van der Waals surface area contributed by atoms with Crippen molar-refractivity contribution in [2.45, 2.75) is 6.61 Å². The standard InChI is InChI=1S/C8H7NO2/c10-8-7-5-11-4-2-6(7)1-3-9-8/h1-4H,5H2,(H,9,10). The Morgan fingerprint density at radius 3 is 3.27 bits per heavy atom. The van der Waals surface area contributed by atoms with Crippen molar-refractivity contribution in [2.75, 3.05) is 0 Å². The van der Waals surface area contributed by atoms with Crippen LogP contribution in [0.25, 0.3) is 6.08 Å². The summed E-state index contributed by atoms with van der Waals surface area (Å²) in [5.41, 5.74) is 1.59. The van der Waals surface area contributed by atoms with Crippen molar-refractivity contribution >= 4 is 6.08 Å². The Morgan fingerprint density at radius 1 is 1.55 bits per heavy atom. The van der Waals surface area contributed by atoms with E-state index in [-0.39, 0.29) is 5.56 Å². The van der Waals surface area contributed by atoms with Gasteiger partial charge >= 0.3 is 0 Å². The molecule has 2 rings (SSSR count). The quantitative estimate of drug-likeness (QED) is 0.594. The van der Waals surface area contributed by atoms with Gasteiger partial charge in [0.2, 0.25) is 0 Å². The molecule has 1 aliphatic heterocycles. The Labute approximate surface area is 63.3 Å². The topological polar surface area (TPSA) is 42.1 Å². The zero-order valence-electron chi connectivity index (χ0n) is 5.83. The van der Waals surface area contributed by atoms with Crippen LogP contribution >= 0.6 is 0 Å². The molecule has 56 valence electrons. The van der Waals surface area contributed by atoms with Crippen LogP contribution in [0, 0.1) is 0 Å². The number of H-pyrrole nitrogens is 1. The summed E-state index contributed by atoms with van der Waals surface area (Å²) in [7, 11) is 0. The van der Waals surface area contributed by atoms with E-state index in [4.69, 9.17) is 4.74 Å². The third-order valence-electron chi connectivity index (χ3n) is 1.67. The minimum Gasteiger partial charge on any atom is -0.496 e. The van der Waals surface area contributed by atoms with E-state index in [9.17, 15) is 4.79 Å². The van der Waals surface area contributed by atoms with Crippen molar-refractivity contribution in [1.29, 1.82) is 0 Å². The molecule has 0 fully saturated rings. The van der Waals surface area contributed by atoms with Crippen LogP contribution in [0.5, 0.6) is 0 Å². The van der Waals surface area contributed by atoms with Crippen LogP contribution < -0.4 is 5.56 Å². The number of hydrogen-bond donors (Lipinski definition) is 1. The lowest BCUT2D eigenvalue weighted by Gasteiger charge is -2.08. The number of rotatable bonds is 0. The first-order chi connectivity index (χ1) is 5.38. The lowest BCUT2D eigenvalue weighted by Crippen LogP contribution is -2.15. The van der Waals surface area contributed by atoms with Crippen molar-refractivity contribution in [1.82, 2.24) is 4.98 Å². The minimum absolute atomic E-state index is 0.0631. The molecular weight excluding hydrogens is 142 g/mol. The summed E-state index contributed by atoms with van der Waals surface area (Å²) < 4.78 is 4.98. The molecule has 0 atom stereocenters. The summed E-state index contributed by atoms with van der Waals surface area (Å²) in [6, 6.07) is 1.86. The van der Waals surface area contributed by atoms with E-state index >= 15 is 0 Å². The van der Waals surface area contributed by atoms with E-state index in [1.165, 1.54) is 0 Å². The van der Waals surface area contributed by atoms with E-state index in [1.54, 1.807) is 18.5 Å². The minimum atomic E-state index is -0.0631. The monoisotopic (exact) mass is 149 g/mol. The first kappa shape index (κ1) is 6.22. The number of nitrogens with one attached hydrogen (secondary N) is 1. The molecule has 1 N–H and O–H groups in total. The lowest BCUT2D eigenvalue weighted by molar-refractivity contribution is 0.233. The molecule has 3 nitrogen and oxygen atoms in total. The molecule has 0 spiro atoms. The molecule has 0 saturated carbocycles. The fourth-order valence-electron chi connectivity index (χ4n) is 1.08. The van der Waals surface area contributed by atoms with Crippen LogP contribution in [-0.2, 0) is 11.3 Å². The predicted molar refractivity (Wildman–Crippen MR) is 40.9 cm³/mol. The second-order valence-electron chi connectivity index (χ2n) is 2.35. The van der Waals surface area contributed by atoms with Gasteiger partial charge in [0.05, 0.1) is 11.8 Å². The zero-order chi connectivity index (χ0) is 7.68. The maximum atomic E-state index is 11.1. The Balaban J connectivity index is 2.69. The van der Waals surface area contributed by atoms with Crippen molar-refractivity contribution in [3.63, 3.8) is 0 Å². The first-order valence-corrected chi connectivity index (χ1v) is 3.36. The lowest BCUT2D eigenvalue weighted by atomic mass is 10.1. The molecule has 0 saturated heterocycles. The van der Waals surface area contributed by atoms with Crippen molar-refractivity contribution in [3.05, 3.63) is 40.0 Å². The molecule has 11 heavy (non-hydrogen) atoms. The van der Waals surface area contributed by atoms with Gasteiger partial charge in [-0.25, -0.2) is 0 Å². The molecule has 0 aromatic carbocycles. The van der Waals surface area contributed by atoms with Crippen LogP contribution in [0.4, 0.5) is 0 Å². The summed E-state index contributed by atoms with van der Waals surface area (Å²) in [5, 5.41) is 0.